The molecule has 2 fully saturated rings. The first-order chi connectivity index (χ1) is 10.7. The van der Waals surface area contributed by atoms with Crippen molar-refractivity contribution in [3.8, 4) is 0 Å². The minimum absolute atomic E-state index is 0.0188. The molecule has 130 valence electrons. The Balaban J connectivity index is 1.73. The number of hydrogen-bond acceptors (Lipinski definition) is 5. The molecule has 0 saturated carbocycles. The van der Waals surface area contributed by atoms with Gasteiger partial charge in [0, 0.05) is 38.3 Å². The molecule has 0 radical (unpaired) electrons. The number of carbonyl (C=O) groups is 2. The summed E-state index contributed by atoms with van der Waals surface area (Å²) in [5, 5.41) is 2.79. The maximum Gasteiger partial charge on any atom is 0.246 e. The molecule has 23 heavy (non-hydrogen) atoms. The van der Waals surface area contributed by atoms with Crippen LogP contribution in [-0.2, 0) is 19.4 Å². The van der Waals surface area contributed by atoms with E-state index in [2.05, 4.69) is 5.32 Å². The van der Waals surface area contributed by atoms with E-state index >= 15 is 0 Å². The molecule has 0 aliphatic carbocycles. The number of carbonyl (C=O) groups excluding carboxylic acids is 2. The average Bonchev–Trinajstić information content (AvgIpc) is 2.77. The smallest absolute Gasteiger partial charge is 0.246 e. The van der Waals surface area contributed by atoms with Crippen molar-refractivity contribution in [2.24, 2.45) is 0 Å². The van der Waals surface area contributed by atoms with Gasteiger partial charge in [-0.1, -0.05) is 5.57 Å². The van der Waals surface area contributed by atoms with Gasteiger partial charge in [-0.25, -0.2) is 8.42 Å². The minimum atomic E-state index is -2.98. The fourth-order valence-corrected chi connectivity index (χ4v) is 4.52. The van der Waals surface area contributed by atoms with Gasteiger partial charge < -0.3 is 10.2 Å². The summed E-state index contributed by atoms with van der Waals surface area (Å²) >= 11 is 0. The summed E-state index contributed by atoms with van der Waals surface area (Å²) < 4.78 is 22.8. The first-order valence-corrected chi connectivity index (χ1v) is 9.73. The van der Waals surface area contributed by atoms with Crippen molar-refractivity contribution in [3.05, 3.63) is 11.6 Å². The second-order valence-electron chi connectivity index (χ2n) is 6.49. The average molecular weight is 343 g/mol. The Morgan fingerprint density at radius 3 is 2.35 bits per heavy atom. The highest BCUT2D eigenvalue weighted by Gasteiger charge is 2.29. The molecule has 0 bridgehead atoms. The van der Waals surface area contributed by atoms with Gasteiger partial charge in [0.2, 0.25) is 11.8 Å². The zero-order valence-corrected chi connectivity index (χ0v) is 14.6. The summed E-state index contributed by atoms with van der Waals surface area (Å²) in [5.41, 5.74) is 0.975. The number of amides is 2. The first kappa shape index (κ1) is 17.9. The molecule has 7 nitrogen and oxygen atoms in total. The Kier molecular flexibility index (Phi) is 5.80. The lowest BCUT2D eigenvalue weighted by molar-refractivity contribution is -0.128. The van der Waals surface area contributed by atoms with Crippen molar-refractivity contribution in [3.63, 3.8) is 0 Å². The van der Waals surface area contributed by atoms with Gasteiger partial charge in [-0.3, -0.25) is 14.5 Å². The fraction of sp³-hybridized carbons (Fsp3) is 0.733. The molecule has 0 aromatic rings. The van der Waals surface area contributed by atoms with Crippen LogP contribution in [0.1, 0.15) is 20.3 Å². The topological polar surface area (TPSA) is 86.8 Å². The molecule has 1 N–H and O–H groups in total. The molecule has 8 heteroatoms. The summed E-state index contributed by atoms with van der Waals surface area (Å²) in [6.45, 7) is 6.55. The SMILES string of the molecule is CC(C)=CC(=O)N1CCN(CC(=O)N[C@H]2CCS(=O)(=O)C2)CC1. The molecule has 0 unspecified atom stereocenters. The Bertz CT molecular complexity index is 588. The number of nitrogens with one attached hydrogen (secondary N) is 1. The number of allylic oxidation sites excluding steroid dienone is 1. The van der Waals surface area contributed by atoms with Gasteiger partial charge in [-0.05, 0) is 20.3 Å². The lowest BCUT2D eigenvalue weighted by Crippen LogP contribution is -2.51. The quantitative estimate of drug-likeness (QED) is 0.689. The van der Waals surface area contributed by atoms with E-state index in [4.69, 9.17) is 0 Å². The van der Waals surface area contributed by atoms with Gasteiger partial charge >= 0.3 is 0 Å². The predicted molar refractivity (Wildman–Crippen MR) is 87.7 cm³/mol. The standard InChI is InChI=1S/C15H25N3O4S/c1-12(2)9-15(20)18-6-4-17(5-7-18)10-14(19)16-13-3-8-23(21,22)11-13/h9,13H,3-8,10-11H2,1-2H3,(H,16,19)/t13-/m0/s1. The first-order valence-electron chi connectivity index (χ1n) is 7.91. The van der Waals surface area contributed by atoms with Crippen LogP contribution in [0.3, 0.4) is 0 Å². The van der Waals surface area contributed by atoms with Crippen LogP contribution < -0.4 is 5.32 Å². The van der Waals surface area contributed by atoms with E-state index in [1.807, 2.05) is 18.7 Å². The second-order valence-corrected chi connectivity index (χ2v) is 8.72. The van der Waals surface area contributed by atoms with Crippen LogP contribution in [0.15, 0.2) is 11.6 Å². The van der Waals surface area contributed by atoms with Gasteiger partial charge in [0.05, 0.1) is 18.1 Å². The summed E-state index contributed by atoms with van der Waals surface area (Å²) in [4.78, 5) is 27.7. The molecule has 2 aliphatic rings. The van der Waals surface area contributed by atoms with Gasteiger partial charge in [0.1, 0.15) is 0 Å². The fourth-order valence-electron chi connectivity index (χ4n) is 2.85. The van der Waals surface area contributed by atoms with Crippen molar-refractivity contribution in [2.75, 3.05) is 44.2 Å². The van der Waals surface area contributed by atoms with Crippen molar-refractivity contribution >= 4 is 21.7 Å². The third-order valence-electron chi connectivity index (χ3n) is 4.06. The number of hydrogen-bond donors (Lipinski definition) is 1. The van der Waals surface area contributed by atoms with Crippen molar-refractivity contribution in [1.82, 2.24) is 15.1 Å². The monoisotopic (exact) mass is 343 g/mol. The highest BCUT2D eigenvalue weighted by molar-refractivity contribution is 7.91. The van der Waals surface area contributed by atoms with Crippen LogP contribution in [0, 0.1) is 0 Å². The number of nitrogens with zero attached hydrogens (tertiary/aromatic N) is 2. The Hall–Kier alpha value is -1.41. The maximum atomic E-state index is 12.0. The van der Waals surface area contributed by atoms with E-state index in [9.17, 15) is 18.0 Å². The third kappa shape index (κ3) is 5.62. The van der Waals surface area contributed by atoms with E-state index in [-0.39, 0.29) is 35.9 Å². The summed E-state index contributed by atoms with van der Waals surface area (Å²) in [6, 6.07) is -0.256. The zero-order valence-electron chi connectivity index (χ0n) is 13.7. The van der Waals surface area contributed by atoms with Crippen molar-refractivity contribution in [1.29, 1.82) is 0 Å². The van der Waals surface area contributed by atoms with E-state index in [0.29, 0.717) is 32.6 Å². The molecular weight excluding hydrogens is 318 g/mol. The molecule has 2 saturated heterocycles. The van der Waals surface area contributed by atoms with Crippen LogP contribution in [0.2, 0.25) is 0 Å². The van der Waals surface area contributed by atoms with Crippen LogP contribution in [0.4, 0.5) is 0 Å². The lowest BCUT2D eigenvalue weighted by atomic mass is 10.2. The van der Waals surface area contributed by atoms with Gasteiger partial charge in [0.15, 0.2) is 9.84 Å². The van der Waals surface area contributed by atoms with Crippen LogP contribution in [0.25, 0.3) is 0 Å². The molecular formula is C15H25N3O4S. The number of sulfone groups is 1. The zero-order chi connectivity index (χ0) is 17.0. The third-order valence-corrected chi connectivity index (χ3v) is 5.83. The second kappa shape index (κ2) is 7.44. The van der Waals surface area contributed by atoms with Gasteiger partial charge in [0.25, 0.3) is 0 Å². The van der Waals surface area contributed by atoms with Crippen LogP contribution in [-0.4, -0.2) is 80.3 Å². The van der Waals surface area contributed by atoms with Crippen molar-refractivity contribution < 1.29 is 18.0 Å². The number of rotatable bonds is 4. The number of piperazine rings is 1. The summed E-state index contributed by atoms with van der Waals surface area (Å²) in [5.74, 6) is 0.0775. The Labute approximate surface area is 137 Å². The van der Waals surface area contributed by atoms with Gasteiger partial charge in [-0.15, -0.1) is 0 Å². The Morgan fingerprint density at radius 1 is 1.17 bits per heavy atom. The van der Waals surface area contributed by atoms with E-state index in [1.165, 1.54) is 0 Å². The molecule has 0 aromatic carbocycles. The summed E-state index contributed by atoms with van der Waals surface area (Å²) in [7, 11) is -2.98. The molecule has 0 aromatic heterocycles. The van der Waals surface area contributed by atoms with Gasteiger partial charge in [-0.2, -0.15) is 0 Å². The normalized spacial score (nSPS) is 24.3. The molecule has 2 amide bonds. The van der Waals surface area contributed by atoms with E-state index in [0.717, 1.165) is 5.57 Å². The van der Waals surface area contributed by atoms with Crippen LogP contribution in [0.5, 0.6) is 0 Å². The van der Waals surface area contributed by atoms with Crippen molar-refractivity contribution in [2.45, 2.75) is 26.3 Å². The largest absolute Gasteiger partial charge is 0.351 e. The Morgan fingerprint density at radius 2 is 1.83 bits per heavy atom. The summed E-state index contributed by atoms with van der Waals surface area (Å²) in [6.07, 6.45) is 2.13. The highest BCUT2D eigenvalue weighted by Crippen LogP contribution is 2.11. The molecule has 0 spiro atoms. The molecule has 2 rings (SSSR count). The highest BCUT2D eigenvalue weighted by atomic mass is 32.2. The molecule has 2 aliphatic heterocycles. The molecule has 2 heterocycles. The van der Waals surface area contributed by atoms with Crippen LogP contribution >= 0.6 is 0 Å². The van der Waals surface area contributed by atoms with E-state index < -0.39 is 9.84 Å². The van der Waals surface area contributed by atoms with E-state index in [1.54, 1.807) is 11.0 Å². The minimum Gasteiger partial charge on any atom is -0.351 e. The molecule has 1 atom stereocenters. The predicted octanol–water partition coefficient (Wildman–Crippen LogP) is -0.600. The lowest BCUT2D eigenvalue weighted by Gasteiger charge is -2.34. The maximum absolute atomic E-state index is 12.0.